The topological polar surface area (TPSA) is 96.9 Å². The highest BCUT2D eigenvalue weighted by atomic mass is 35.5. The van der Waals surface area contributed by atoms with Gasteiger partial charge in [0.25, 0.3) is 5.56 Å². The number of para-hydroxylation sites is 1. The Balaban J connectivity index is 1.55. The van der Waals surface area contributed by atoms with Gasteiger partial charge in [0.15, 0.2) is 4.80 Å². The number of fused-ring (bicyclic) bond motifs is 1. The van der Waals surface area contributed by atoms with Gasteiger partial charge < -0.3 is 14.2 Å². The minimum atomic E-state index is -0.736. The molecular formula is C34H29ClN4O5S. The Labute approximate surface area is 267 Å². The summed E-state index contributed by atoms with van der Waals surface area (Å²) in [5.41, 5.74) is 4.18. The molecule has 0 aliphatic carbocycles. The van der Waals surface area contributed by atoms with Gasteiger partial charge in [-0.1, -0.05) is 53.3 Å². The average Bonchev–Trinajstić information content (AvgIpc) is 3.61. The van der Waals surface area contributed by atoms with Crippen LogP contribution in [0.2, 0.25) is 5.02 Å². The van der Waals surface area contributed by atoms with Crippen molar-refractivity contribution in [3.8, 4) is 28.4 Å². The van der Waals surface area contributed by atoms with Crippen molar-refractivity contribution in [3.63, 3.8) is 0 Å². The second kappa shape index (κ2) is 12.6. The van der Waals surface area contributed by atoms with Gasteiger partial charge in [-0.3, -0.25) is 9.36 Å². The van der Waals surface area contributed by atoms with Gasteiger partial charge in [0.1, 0.15) is 17.2 Å². The molecule has 1 aliphatic heterocycles. The molecule has 3 aromatic carbocycles. The zero-order valence-electron chi connectivity index (χ0n) is 25.0. The van der Waals surface area contributed by atoms with Gasteiger partial charge in [0, 0.05) is 17.3 Å². The first-order chi connectivity index (χ1) is 21.8. The van der Waals surface area contributed by atoms with E-state index in [9.17, 15) is 9.59 Å². The molecule has 1 atom stereocenters. The second-order valence-corrected chi connectivity index (χ2v) is 11.6. The Morgan fingerprint density at radius 1 is 1.04 bits per heavy atom. The fraction of sp³-hybridized carbons (Fsp3) is 0.176. The van der Waals surface area contributed by atoms with E-state index in [4.69, 9.17) is 35.9 Å². The van der Waals surface area contributed by atoms with Crippen LogP contribution in [0.25, 0.3) is 23.0 Å². The largest absolute Gasteiger partial charge is 0.497 e. The van der Waals surface area contributed by atoms with Gasteiger partial charge in [-0.25, -0.2) is 14.5 Å². The zero-order chi connectivity index (χ0) is 31.7. The van der Waals surface area contributed by atoms with E-state index in [1.807, 2.05) is 54.7 Å². The molecule has 0 spiro atoms. The summed E-state index contributed by atoms with van der Waals surface area (Å²) in [6.45, 7) is 3.70. The molecule has 0 radical (unpaired) electrons. The number of ether oxygens (including phenoxy) is 3. The lowest BCUT2D eigenvalue weighted by atomic mass is 9.96. The van der Waals surface area contributed by atoms with Crippen LogP contribution in [-0.4, -0.2) is 41.1 Å². The van der Waals surface area contributed by atoms with Crippen LogP contribution in [0.5, 0.6) is 11.5 Å². The monoisotopic (exact) mass is 640 g/mol. The molecule has 5 aromatic rings. The van der Waals surface area contributed by atoms with Crippen LogP contribution >= 0.6 is 22.9 Å². The first kappa shape index (κ1) is 30.1. The Kier molecular flexibility index (Phi) is 8.42. The van der Waals surface area contributed by atoms with Gasteiger partial charge in [0.05, 0.1) is 53.4 Å². The number of aromatic nitrogens is 3. The molecule has 2 aromatic heterocycles. The van der Waals surface area contributed by atoms with Gasteiger partial charge in [0.2, 0.25) is 0 Å². The predicted molar refractivity (Wildman–Crippen MR) is 174 cm³/mol. The quantitative estimate of drug-likeness (QED) is 0.213. The van der Waals surface area contributed by atoms with Crippen LogP contribution in [0.4, 0.5) is 0 Å². The van der Waals surface area contributed by atoms with Crippen LogP contribution in [0.3, 0.4) is 0 Å². The summed E-state index contributed by atoms with van der Waals surface area (Å²) in [5.74, 6) is 0.687. The van der Waals surface area contributed by atoms with Crippen molar-refractivity contribution in [3.05, 3.63) is 126 Å². The fourth-order valence-electron chi connectivity index (χ4n) is 5.28. The number of nitrogens with zero attached hydrogens (tertiary/aromatic N) is 4. The number of halogens is 1. The minimum absolute atomic E-state index is 0.193. The highest BCUT2D eigenvalue weighted by Crippen LogP contribution is 2.33. The van der Waals surface area contributed by atoms with Crippen LogP contribution < -0.4 is 24.4 Å². The number of thiazole rings is 1. The Morgan fingerprint density at radius 2 is 1.80 bits per heavy atom. The third kappa shape index (κ3) is 5.70. The summed E-state index contributed by atoms with van der Waals surface area (Å²) in [6.07, 6.45) is 3.68. The lowest BCUT2D eigenvalue weighted by molar-refractivity contribution is -0.139. The lowest BCUT2D eigenvalue weighted by Crippen LogP contribution is -2.39. The standard InChI is InChI=1S/C34H29ClN4O5S/c1-5-44-33(41)29-20(2)36-34-39(31(29)21-11-14-25(42-3)15-12-21)32(40)28(45-34)18-23-19-38(24-9-7-6-8-10-24)37-30(23)22-13-16-27(43-4)26(35)17-22/h6-19,31H,5H2,1-4H3/b28-18-. The summed E-state index contributed by atoms with van der Waals surface area (Å²) in [5, 5.41) is 5.32. The molecule has 11 heteroatoms. The van der Waals surface area contributed by atoms with Crippen molar-refractivity contribution < 1.29 is 19.0 Å². The van der Waals surface area contributed by atoms with E-state index in [1.54, 1.807) is 67.7 Å². The number of methoxy groups -OCH3 is 2. The Bertz CT molecular complexity index is 2110. The van der Waals surface area contributed by atoms with Gasteiger partial charge in [-0.2, -0.15) is 5.10 Å². The maximum Gasteiger partial charge on any atom is 0.338 e. The van der Waals surface area contributed by atoms with E-state index in [0.29, 0.717) is 48.4 Å². The van der Waals surface area contributed by atoms with E-state index >= 15 is 0 Å². The number of hydrogen-bond donors (Lipinski definition) is 0. The summed E-state index contributed by atoms with van der Waals surface area (Å²) < 4.78 is 19.8. The summed E-state index contributed by atoms with van der Waals surface area (Å²) in [4.78, 5) is 32.6. The summed E-state index contributed by atoms with van der Waals surface area (Å²) in [7, 11) is 3.14. The highest BCUT2D eigenvalue weighted by Gasteiger charge is 2.33. The highest BCUT2D eigenvalue weighted by molar-refractivity contribution is 7.07. The summed E-state index contributed by atoms with van der Waals surface area (Å²) in [6, 6.07) is 21.7. The molecule has 1 aliphatic rings. The zero-order valence-corrected chi connectivity index (χ0v) is 26.6. The van der Waals surface area contributed by atoms with Gasteiger partial charge in [-0.15, -0.1) is 0 Å². The van der Waals surface area contributed by atoms with E-state index < -0.39 is 12.0 Å². The number of allylic oxidation sites excluding steroid dienone is 1. The van der Waals surface area contributed by atoms with E-state index in [1.165, 1.54) is 11.3 Å². The fourth-order valence-corrected chi connectivity index (χ4v) is 6.57. The smallest absolute Gasteiger partial charge is 0.338 e. The van der Waals surface area contributed by atoms with E-state index in [0.717, 1.165) is 16.8 Å². The molecule has 228 valence electrons. The van der Waals surface area contributed by atoms with E-state index in [-0.39, 0.29) is 12.2 Å². The molecule has 0 bridgehead atoms. The van der Waals surface area contributed by atoms with Crippen LogP contribution in [0.15, 0.2) is 100 Å². The first-order valence-corrected chi connectivity index (χ1v) is 15.3. The predicted octanol–water partition coefficient (Wildman–Crippen LogP) is 5.32. The van der Waals surface area contributed by atoms with Crippen molar-refractivity contribution in [1.29, 1.82) is 0 Å². The number of carbonyl (C=O) groups excluding carboxylic acids is 1. The Hall–Kier alpha value is -4.93. The molecule has 0 saturated carbocycles. The SMILES string of the molecule is CCOC(=O)C1=C(C)N=c2s/c(=C\c3cn(-c4ccccc4)nc3-c3ccc(OC)c(Cl)c3)c(=O)n2C1c1ccc(OC)cc1. The van der Waals surface area contributed by atoms with Crippen molar-refractivity contribution in [2.24, 2.45) is 4.99 Å². The van der Waals surface area contributed by atoms with Crippen LogP contribution in [-0.2, 0) is 9.53 Å². The van der Waals surface area contributed by atoms with Crippen LogP contribution in [0.1, 0.15) is 31.0 Å². The number of carbonyl (C=O) groups is 1. The maximum absolute atomic E-state index is 14.2. The molecule has 0 amide bonds. The van der Waals surface area contributed by atoms with Gasteiger partial charge in [-0.05, 0) is 68.0 Å². The molecular weight excluding hydrogens is 612 g/mol. The summed E-state index contributed by atoms with van der Waals surface area (Å²) >= 11 is 7.74. The number of rotatable bonds is 8. The van der Waals surface area contributed by atoms with Crippen molar-refractivity contribution in [1.82, 2.24) is 14.3 Å². The van der Waals surface area contributed by atoms with E-state index in [2.05, 4.69) is 0 Å². The molecule has 0 saturated heterocycles. The number of esters is 1. The molecule has 0 N–H and O–H groups in total. The maximum atomic E-state index is 14.2. The first-order valence-electron chi connectivity index (χ1n) is 14.2. The second-order valence-electron chi connectivity index (χ2n) is 10.1. The van der Waals surface area contributed by atoms with Crippen molar-refractivity contribution in [2.45, 2.75) is 19.9 Å². The molecule has 6 rings (SSSR count). The molecule has 9 nitrogen and oxygen atoms in total. The van der Waals surface area contributed by atoms with Crippen molar-refractivity contribution >= 4 is 35.0 Å². The number of hydrogen-bond acceptors (Lipinski definition) is 8. The lowest BCUT2D eigenvalue weighted by Gasteiger charge is -2.24. The normalized spacial score (nSPS) is 14.6. The third-order valence-electron chi connectivity index (χ3n) is 7.42. The Morgan fingerprint density at radius 3 is 2.47 bits per heavy atom. The average molecular weight is 641 g/mol. The van der Waals surface area contributed by atoms with Crippen LogP contribution in [0, 0.1) is 0 Å². The van der Waals surface area contributed by atoms with Crippen molar-refractivity contribution in [2.75, 3.05) is 20.8 Å². The minimum Gasteiger partial charge on any atom is -0.497 e. The van der Waals surface area contributed by atoms with Gasteiger partial charge >= 0.3 is 5.97 Å². The molecule has 3 heterocycles. The molecule has 1 unspecified atom stereocenters. The molecule has 0 fully saturated rings. The third-order valence-corrected chi connectivity index (χ3v) is 8.70. The molecule has 45 heavy (non-hydrogen) atoms. The number of benzene rings is 3.